The second kappa shape index (κ2) is 24.3. The van der Waals surface area contributed by atoms with E-state index in [1.807, 2.05) is 88.4 Å². The van der Waals surface area contributed by atoms with Gasteiger partial charge in [-0.3, -0.25) is 24.0 Å². The van der Waals surface area contributed by atoms with E-state index in [9.17, 15) is 29.1 Å². The lowest BCUT2D eigenvalue weighted by atomic mass is 9.85. The van der Waals surface area contributed by atoms with Crippen LogP contribution in [-0.2, 0) is 52.8 Å². The number of methoxy groups -OCH3 is 2. The highest BCUT2D eigenvalue weighted by Gasteiger charge is 2.44. The second-order valence-corrected chi connectivity index (χ2v) is 19.4. The van der Waals surface area contributed by atoms with Gasteiger partial charge in [-0.1, -0.05) is 68.5 Å². The average molecular weight is 972 g/mol. The fourth-order valence-electron chi connectivity index (χ4n) is 7.63. The summed E-state index contributed by atoms with van der Waals surface area (Å²) in [5, 5.41) is 22.5. The van der Waals surface area contributed by atoms with E-state index in [1.165, 1.54) is 16.2 Å². The molecule has 0 saturated carbocycles. The molecule has 1 aliphatic heterocycles. The van der Waals surface area contributed by atoms with Crippen molar-refractivity contribution in [3.8, 4) is 21.9 Å². The van der Waals surface area contributed by atoms with Crippen LogP contribution >= 0.6 is 22.7 Å². The van der Waals surface area contributed by atoms with Crippen molar-refractivity contribution in [2.24, 2.45) is 5.41 Å². The number of nitrogens with one attached hydrogen (secondary N) is 4. The summed E-state index contributed by atoms with van der Waals surface area (Å²) in [6.07, 6.45) is 0.798. The van der Waals surface area contributed by atoms with Gasteiger partial charge < -0.3 is 50.2 Å². The number of carbonyl (C=O) groups is 5. The molecule has 0 spiro atoms. The van der Waals surface area contributed by atoms with Crippen LogP contribution in [-0.4, -0.2) is 121 Å². The molecule has 2 aromatic heterocycles. The Morgan fingerprint density at radius 1 is 0.838 bits per heavy atom. The van der Waals surface area contributed by atoms with Gasteiger partial charge in [0.25, 0.3) is 0 Å². The largest absolute Gasteiger partial charge is 0.493 e. The first-order valence-corrected chi connectivity index (χ1v) is 24.2. The number of anilines is 1. The maximum atomic E-state index is 13.9. The van der Waals surface area contributed by atoms with Crippen molar-refractivity contribution in [1.29, 1.82) is 0 Å². The minimum absolute atomic E-state index is 0.0317. The lowest BCUT2D eigenvalue weighted by molar-refractivity contribution is -0.144. The standard InChI is InChI=1S/C49H61N7O10S2/c1-30-44(67-29-52-30)34-13-7-33(8-14-34)26-51-46(61)37-25-35(57)27-56(37)47(62)45(49(2,3)4)54-43(60)28-66-22-21-65-20-19-50-41(58)17-11-32-9-15-36-40(24-32)68-48(53-36)55-42(59)18-12-31-10-16-38(63-5)39(23-31)64-6/h7-10,13-16,23-24,29,35,37,45,57H,11-12,17-22,25-28H2,1-6H3,(H,50,58)(H,51,61)(H,54,60)(H,53,55,59). The number of likely N-dealkylation sites (tertiary alicyclic amines) is 1. The Balaban J connectivity index is 0.846. The van der Waals surface area contributed by atoms with Gasteiger partial charge in [-0.25, -0.2) is 9.97 Å². The number of hydrogen-bond donors (Lipinski definition) is 5. The molecule has 5 aromatic rings. The topological polar surface area (TPSA) is 220 Å². The molecule has 3 heterocycles. The molecule has 0 bridgehead atoms. The predicted octanol–water partition coefficient (Wildman–Crippen LogP) is 5.21. The second-order valence-electron chi connectivity index (χ2n) is 17.5. The van der Waals surface area contributed by atoms with Gasteiger partial charge in [-0.05, 0) is 71.7 Å². The number of nitrogens with zero attached hydrogens (tertiary/aromatic N) is 3. The van der Waals surface area contributed by atoms with E-state index in [2.05, 4.69) is 31.2 Å². The summed E-state index contributed by atoms with van der Waals surface area (Å²) in [6, 6.07) is 17.3. The van der Waals surface area contributed by atoms with Gasteiger partial charge in [-0.15, -0.1) is 11.3 Å². The summed E-state index contributed by atoms with van der Waals surface area (Å²) < 4.78 is 22.6. The molecule has 364 valence electrons. The van der Waals surface area contributed by atoms with Crippen molar-refractivity contribution in [3.05, 3.63) is 88.6 Å². The number of aliphatic hydroxyl groups excluding tert-OH is 1. The van der Waals surface area contributed by atoms with Crippen LogP contribution in [0.1, 0.15) is 62.4 Å². The Hall–Kier alpha value is -5.99. The third-order valence-corrected chi connectivity index (χ3v) is 13.2. The van der Waals surface area contributed by atoms with E-state index in [0.29, 0.717) is 36.0 Å². The maximum Gasteiger partial charge on any atom is 0.246 e. The van der Waals surface area contributed by atoms with Gasteiger partial charge in [0.05, 0.1) is 66.4 Å². The van der Waals surface area contributed by atoms with Crippen LogP contribution in [0.15, 0.2) is 66.2 Å². The third-order valence-electron chi connectivity index (χ3n) is 11.3. The van der Waals surface area contributed by atoms with Crippen LogP contribution in [0.3, 0.4) is 0 Å². The molecule has 3 unspecified atom stereocenters. The minimum Gasteiger partial charge on any atom is -0.493 e. The Kier molecular flexibility index (Phi) is 18.4. The Morgan fingerprint density at radius 2 is 1.53 bits per heavy atom. The lowest BCUT2D eigenvalue weighted by Crippen LogP contribution is -2.58. The number of benzene rings is 3. The summed E-state index contributed by atoms with van der Waals surface area (Å²) in [5.41, 5.74) is 6.65. The van der Waals surface area contributed by atoms with E-state index >= 15 is 0 Å². The first-order valence-electron chi connectivity index (χ1n) is 22.5. The number of aromatic nitrogens is 2. The number of ether oxygens (including phenoxy) is 4. The van der Waals surface area contributed by atoms with E-state index < -0.39 is 35.4 Å². The van der Waals surface area contributed by atoms with Crippen LogP contribution in [0, 0.1) is 12.3 Å². The lowest BCUT2D eigenvalue weighted by Gasteiger charge is -2.35. The zero-order valence-electron chi connectivity index (χ0n) is 39.3. The molecule has 1 saturated heterocycles. The van der Waals surface area contributed by atoms with Crippen molar-refractivity contribution in [2.75, 3.05) is 59.1 Å². The minimum atomic E-state index is -0.988. The SMILES string of the molecule is COc1ccc(CCC(=O)Nc2nc3ccc(CCC(=O)NCCOCCOCC(=O)NC(C(=O)N4CC(O)CC4C(=O)NCc4ccc(-c5scnc5C)cc4)C(C)(C)C)cc3s2)cc1OC. The van der Waals surface area contributed by atoms with Gasteiger partial charge in [0.2, 0.25) is 29.5 Å². The van der Waals surface area contributed by atoms with Crippen molar-refractivity contribution in [2.45, 2.75) is 84.5 Å². The van der Waals surface area contributed by atoms with Gasteiger partial charge in [0, 0.05) is 38.9 Å². The normalized spacial score (nSPS) is 15.2. The first-order chi connectivity index (χ1) is 32.6. The molecule has 0 radical (unpaired) electrons. The number of aliphatic hydroxyl groups is 1. The number of fused-ring (bicyclic) bond motifs is 1. The Morgan fingerprint density at radius 3 is 2.24 bits per heavy atom. The fraction of sp³-hybridized carbons (Fsp3) is 0.449. The quantitative estimate of drug-likeness (QED) is 0.0534. The number of rotatable bonds is 23. The summed E-state index contributed by atoms with van der Waals surface area (Å²) >= 11 is 2.94. The van der Waals surface area contributed by atoms with Crippen molar-refractivity contribution in [3.63, 3.8) is 0 Å². The molecular weight excluding hydrogens is 911 g/mol. The Labute approximate surface area is 404 Å². The first kappa shape index (κ1) is 51.4. The van der Waals surface area contributed by atoms with Crippen LogP contribution in [0.25, 0.3) is 20.7 Å². The molecule has 17 nitrogen and oxygen atoms in total. The molecule has 5 amide bonds. The van der Waals surface area contributed by atoms with E-state index in [1.54, 1.807) is 31.1 Å². The van der Waals surface area contributed by atoms with E-state index in [0.717, 1.165) is 43.0 Å². The third kappa shape index (κ3) is 14.5. The smallest absolute Gasteiger partial charge is 0.246 e. The Bertz CT molecular complexity index is 2520. The van der Waals surface area contributed by atoms with Gasteiger partial charge in [0.1, 0.15) is 18.7 Å². The fourth-order valence-corrected chi connectivity index (χ4v) is 9.39. The van der Waals surface area contributed by atoms with Crippen LogP contribution < -0.4 is 30.7 Å². The van der Waals surface area contributed by atoms with Gasteiger partial charge in [-0.2, -0.15) is 0 Å². The van der Waals surface area contributed by atoms with Crippen LogP contribution in [0.4, 0.5) is 5.13 Å². The number of aryl methyl sites for hydroxylation is 3. The zero-order chi connectivity index (χ0) is 48.8. The summed E-state index contributed by atoms with van der Waals surface area (Å²) in [5.74, 6) is -0.393. The highest BCUT2D eigenvalue weighted by atomic mass is 32.1. The van der Waals surface area contributed by atoms with Crippen molar-refractivity contribution >= 4 is 67.6 Å². The molecule has 0 aliphatic carbocycles. The molecule has 3 atom stereocenters. The molecule has 3 aromatic carbocycles. The molecule has 5 N–H and O–H groups in total. The molecule has 68 heavy (non-hydrogen) atoms. The number of amides is 5. The maximum absolute atomic E-state index is 13.9. The molecule has 6 rings (SSSR count). The monoisotopic (exact) mass is 971 g/mol. The van der Waals surface area contributed by atoms with Crippen molar-refractivity contribution < 1.29 is 48.0 Å². The zero-order valence-corrected chi connectivity index (χ0v) is 41.0. The number of β-amino-alcohol motifs (C(OH)–C–C–N with tert-alkyl or cyclic N) is 1. The average Bonchev–Trinajstić information content (AvgIpc) is 4.06. The van der Waals surface area contributed by atoms with Gasteiger partial charge in [0.15, 0.2) is 16.6 Å². The van der Waals surface area contributed by atoms with Crippen molar-refractivity contribution in [1.82, 2.24) is 30.8 Å². The molecule has 19 heteroatoms. The van der Waals surface area contributed by atoms with E-state index in [-0.39, 0.29) is 76.5 Å². The summed E-state index contributed by atoms with van der Waals surface area (Å²) in [7, 11) is 3.15. The summed E-state index contributed by atoms with van der Waals surface area (Å²) in [4.78, 5) is 76.9. The molecule has 1 fully saturated rings. The number of thiazole rings is 2. The number of hydrogen-bond acceptors (Lipinski definition) is 14. The highest BCUT2D eigenvalue weighted by molar-refractivity contribution is 7.22. The highest BCUT2D eigenvalue weighted by Crippen LogP contribution is 2.31. The van der Waals surface area contributed by atoms with Gasteiger partial charge >= 0.3 is 0 Å². The predicted molar refractivity (Wildman–Crippen MR) is 261 cm³/mol. The van der Waals surface area contributed by atoms with Crippen LogP contribution in [0.2, 0.25) is 0 Å². The summed E-state index contributed by atoms with van der Waals surface area (Å²) in [6.45, 7) is 8.12. The molecule has 1 aliphatic rings. The molecular formula is C49H61N7O10S2. The van der Waals surface area contributed by atoms with Crippen LogP contribution in [0.5, 0.6) is 11.5 Å². The van der Waals surface area contributed by atoms with E-state index in [4.69, 9.17) is 18.9 Å². The number of carbonyl (C=O) groups excluding carboxylic acids is 5.